The maximum Gasteiger partial charge on any atom is 0.416 e. The molecule has 0 aliphatic carbocycles. The molecule has 0 bridgehead atoms. The molecule has 0 aromatic heterocycles. The highest BCUT2D eigenvalue weighted by Crippen LogP contribution is 2.32. The lowest BCUT2D eigenvalue weighted by Gasteiger charge is -2.26. The summed E-state index contributed by atoms with van der Waals surface area (Å²) in [4.78, 5) is 40.8. The van der Waals surface area contributed by atoms with Crippen molar-refractivity contribution < 1.29 is 66.2 Å². The third-order valence-corrected chi connectivity index (χ3v) is 10.6. The summed E-state index contributed by atoms with van der Waals surface area (Å²) in [5, 5.41) is 19.9. The average Bonchev–Trinajstić information content (AvgIpc) is 3.55. The van der Waals surface area contributed by atoms with Crippen molar-refractivity contribution in [2.75, 3.05) is 59.1 Å². The van der Waals surface area contributed by atoms with Gasteiger partial charge in [0.25, 0.3) is 0 Å². The summed E-state index contributed by atoms with van der Waals surface area (Å²) >= 11 is 0. The number of carbonyl (C=O) groups is 3. The molecule has 4 fully saturated rings. The number of ether oxygens (including phenoxy) is 6. The van der Waals surface area contributed by atoms with Crippen LogP contribution in [0.15, 0.2) is 54.6 Å². The fraction of sp³-hybridized carbons (Fsp3) is 0.681. The lowest BCUT2D eigenvalue weighted by Crippen LogP contribution is -2.37. The van der Waals surface area contributed by atoms with Gasteiger partial charge in [0.1, 0.15) is 28.7 Å². The second kappa shape index (κ2) is 22.7. The smallest absolute Gasteiger partial charge is 0.416 e. The summed E-state index contributed by atoms with van der Waals surface area (Å²) in [7, 11) is 0. The molecule has 4 aliphatic rings. The van der Waals surface area contributed by atoms with E-state index in [0.29, 0.717) is 51.2 Å². The van der Waals surface area contributed by atoms with Crippen molar-refractivity contribution in [2.45, 2.75) is 129 Å². The normalized spacial score (nSPS) is 22.1. The van der Waals surface area contributed by atoms with Crippen molar-refractivity contribution >= 4 is 18.3 Å². The summed E-state index contributed by atoms with van der Waals surface area (Å²) in [6.07, 6.45) is -3.67. The molecule has 0 unspecified atom stereocenters. The fourth-order valence-corrected chi connectivity index (χ4v) is 7.28. The van der Waals surface area contributed by atoms with E-state index in [4.69, 9.17) is 28.4 Å². The highest BCUT2D eigenvalue weighted by molar-refractivity contribution is 5.69. The highest BCUT2D eigenvalue weighted by Gasteiger charge is 2.40. The first-order valence-corrected chi connectivity index (χ1v) is 22.1. The minimum Gasteiger partial charge on any atom is -0.488 e. The topological polar surface area (TPSA) is 160 Å². The Morgan fingerprint density at radius 3 is 1.64 bits per heavy atom. The predicted octanol–water partition coefficient (Wildman–Crippen LogP) is 8.17. The maximum atomic E-state index is 12.6. The van der Waals surface area contributed by atoms with E-state index in [9.17, 15) is 37.8 Å². The minimum atomic E-state index is -4.41. The van der Waals surface area contributed by atoms with E-state index in [1.807, 2.05) is 71.9 Å². The van der Waals surface area contributed by atoms with Crippen molar-refractivity contribution in [3.8, 4) is 5.75 Å². The zero-order valence-electron chi connectivity index (χ0n) is 38.9. The van der Waals surface area contributed by atoms with Crippen molar-refractivity contribution in [3.63, 3.8) is 0 Å². The van der Waals surface area contributed by atoms with Crippen LogP contribution in [0, 0.1) is 17.8 Å². The van der Waals surface area contributed by atoms with Gasteiger partial charge in [-0.3, -0.25) is 0 Å². The molecule has 3 amide bonds. The SMILES string of the molecule is CC(C)(C)OC(=O)N1CC[C@H]([C@@H](CO)Oc2ccc(C(F)(F)F)cc2)C1.CC(C)(C)OC(=O)N1CC[C@H]([C@H](O)COCc2ccccc2)C1.CC(C)(C)OC(=O)N1CC[C@H]([C@H]2CO2)C1. The second-order valence-corrected chi connectivity index (χ2v) is 19.7. The molecule has 17 heteroatoms. The van der Waals surface area contributed by atoms with Crippen molar-refractivity contribution in [1.82, 2.24) is 14.7 Å². The Hall–Kier alpha value is -4.32. The van der Waals surface area contributed by atoms with E-state index < -0.39 is 46.8 Å². The number of alkyl halides is 3. The predicted molar refractivity (Wildman–Crippen MR) is 233 cm³/mol. The molecule has 2 aromatic rings. The number of benzene rings is 2. The first-order valence-electron chi connectivity index (χ1n) is 22.1. The van der Waals surface area contributed by atoms with Gasteiger partial charge in [0.2, 0.25) is 0 Å². The molecule has 2 aromatic carbocycles. The standard InChI is InChI=1S/C18H24F3NO4.C18H27NO4.C11H19NO3/c1-17(2,3)26-16(24)22-9-8-12(10-22)15(11-23)25-14-6-4-13(5-7-14)18(19,20)21;1-18(2,3)23-17(21)19-10-9-15(11-19)16(20)13-22-12-14-7-5-4-6-8-14;1-11(2,3)15-10(13)12-5-4-8(6-12)9-7-14-9/h4-7,12,15,23H,8-11H2,1-3H3;4-8,15-16,20H,9-13H2,1-3H3;8-9H,4-7H2,1-3H3/t12-,15+;15-,16+;8-,9+/m000/s1. The van der Waals surface area contributed by atoms with Crippen LogP contribution < -0.4 is 4.74 Å². The van der Waals surface area contributed by atoms with Crippen molar-refractivity contribution in [1.29, 1.82) is 0 Å². The number of hydrogen-bond donors (Lipinski definition) is 2. The number of aliphatic hydroxyl groups excluding tert-OH is 2. The highest BCUT2D eigenvalue weighted by atomic mass is 19.4. The molecule has 0 saturated carbocycles. The average molecular weight is 910 g/mol. The largest absolute Gasteiger partial charge is 0.488 e. The Kier molecular flexibility index (Phi) is 18.6. The Morgan fingerprint density at radius 1 is 0.703 bits per heavy atom. The summed E-state index contributed by atoms with van der Waals surface area (Å²) in [6.45, 7) is 21.5. The molecule has 360 valence electrons. The molecule has 2 N–H and O–H groups in total. The van der Waals surface area contributed by atoms with Crippen LogP contribution in [0.3, 0.4) is 0 Å². The molecule has 4 heterocycles. The van der Waals surface area contributed by atoms with Crippen LogP contribution in [-0.2, 0) is 36.5 Å². The van der Waals surface area contributed by atoms with Crippen molar-refractivity contribution in [3.05, 3.63) is 65.7 Å². The van der Waals surface area contributed by atoms with Gasteiger partial charge in [0.15, 0.2) is 0 Å². The molecule has 4 saturated heterocycles. The maximum absolute atomic E-state index is 12.6. The number of epoxide rings is 1. The van der Waals surface area contributed by atoms with Crippen LogP contribution in [-0.4, -0.2) is 137 Å². The van der Waals surface area contributed by atoms with Gasteiger partial charge < -0.3 is 53.3 Å². The van der Waals surface area contributed by atoms with E-state index in [-0.39, 0.29) is 43.0 Å². The van der Waals surface area contributed by atoms with E-state index in [2.05, 4.69) is 0 Å². The first kappa shape index (κ1) is 52.3. The number of rotatable bonds is 10. The number of nitrogens with zero attached hydrogens (tertiary/aromatic N) is 3. The third-order valence-electron chi connectivity index (χ3n) is 10.6. The number of carbonyl (C=O) groups excluding carboxylic acids is 3. The Labute approximate surface area is 376 Å². The minimum absolute atomic E-state index is 0.0401. The quantitative estimate of drug-likeness (QED) is 0.175. The molecule has 6 atom stereocenters. The van der Waals surface area contributed by atoms with Crippen LogP contribution in [0.2, 0.25) is 0 Å². The lowest BCUT2D eigenvalue weighted by molar-refractivity contribution is -0.137. The van der Waals surface area contributed by atoms with Gasteiger partial charge in [-0.05, 0) is 111 Å². The zero-order chi connectivity index (χ0) is 47.5. The van der Waals surface area contributed by atoms with E-state index in [1.165, 1.54) is 12.1 Å². The first-order chi connectivity index (χ1) is 29.8. The lowest BCUT2D eigenvalue weighted by atomic mass is 10.0. The zero-order valence-corrected chi connectivity index (χ0v) is 38.9. The number of aliphatic hydroxyl groups is 2. The number of hydrogen-bond acceptors (Lipinski definition) is 11. The molecule has 64 heavy (non-hydrogen) atoms. The molecular formula is C47H70F3N3O11. The number of likely N-dealkylation sites (tertiary alicyclic amines) is 3. The van der Waals surface area contributed by atoms with Gasteiger partial charge in [0, 0.05) is 57.0 Å². The van der Waals surface area contributed by atoms with E-state index in [0.717, 1.165) is 50.2 Å². The molecule has 0 radical (unpaired) electrons. The van der Waals surface area contributed by atoms with Gasteiger partial charge in [0.05, 0.1) is 44.2 Å². The Balaban J connectivity index is 0.000000217. The third kappa shape index (κ3) is 18.3. The second-order valence-electron chi connectivity index (χ2n) is 19.7. The van der Waals surface area contributed by atoms with Crippen molar-refractivity contribution in [2.24, 2.45) is 17.8 Å². The molecule has 4 aliphatic heterocycles. The molecule has 6 rings (SSSR count). The Bertz CT molecular complexity index is 1760. The molecule has 0 spiro atoms. The Morgan fingerprint density at radius 2 is 1.17 bits per heavy atom. The monoisotopic (exact) mass is 909 g/mol. The number of amides is 3. The summed E-state index contributed by atoms with van der Waals surface area (Å²) in [6, 6.07) is 14.2. The van der Waals surface area contributed by atoms with Gasteiger partial charge in [-0.15, -0.1) is 0 Å². The van der Waals surface area contributed by atoms with E-state index >= 15 is 0 Å². The van der Waals surface area contributed by atoms with Crippen LogP contribution in [0.1, 0.15) is 92.7 Å². The van der Waals surface area contributed by atoms with Gasteiger partial charge in [-0.2, -0.15) is 13.2 Å². The van der Waals surface area contributed by atoms with E-state index in [1.54, 1.807) is 35.5 Å². The molecule has 14 nitrogen and oxygen atoms in total. The summed E-state index contributed by atoms with van der Waals surface area (Å²) in [5.74, 6) is 0.679. The molecular weight excluding hydrogens is 840 g/mol. The van der Waals surface area contributed by atoms with Crippen LogP contribution in [0.4, 0.5) is 27.6 Å². The fourth-order valence-electron chi connectivity index (χ4n) is 7.28. The summed E-state index contributed by atoms with van der Waals surface area (Å²) in [5.41, 5.74) is -1.16. The van der Waals surface area contributed by atoms with Gasteiger partial charge >= 0.3 is 24.5 Å². The van der Waals surface area contributed by atoms with Crippen LogP contribution in [0.5, 0.6) is 5.75 Å². The van der Waals surface area contributed by atoms with Crippen LogP contribution >= 0.6 is 0 Å². The van der Waals surface area contributed by atoms with Gasteiger partial charge in [-0.1, -0.05) is 30.3 Å². The van der Waals surface area contributed by atoms with Crippen LogP contribution in [0.25, 0.3) is 0 Å². The van der Waals surface area contributed by atoms with Gasteiger partial charge in [-0.25, -0.2) is 14.4 Å². The summed E-state index contributed by atoms with van der Waals surface area (Å²) < 4.78 is 70.3. The number of halogens is 3.